The van der Waals surface area contributed by atoms with Crippen molar-refractivity contribution < 1.29 is 19.1 Å². The van der Waals surface area contributed by atoms with Gasteiger partial charge in [-0.2, -0.15) is 0 Å². The van der Waals surface area contributed by atoms with Crippen LogP contribution < -0.4 is 4.74 Å². The Morgan fingerprint density at radius 2 is 1.89 bits per heavy atom. The van der Waals surface area contributed by atoms with Gasteiger partial charge in [0.15, 0.2) is 0 Å². The maximum absolute atomic E-state index is 11.7. The van der Waals surface area contributed by atoms with Crippen molar-refractivity contribution in [1.82, 2.24) is 5.06 Å². The summed E-state index contributed by atoms with van der Waals surface area (Å²) in [4.78, 5) is 16.5. The zero-order valence-electron chi connectivity index (χ0n) is 11.2. The molecular formula is C13H19NO4. The van der Waals surface area contributed by atoms with Gasteiger partial charge in [-0.15, -0.1) is 0 Å². The van der Waals surface area contributed by atoms with E-state index in [0.29, 0.717) is 6.61 Å². The van der Waals surface area contributed by atoms with E-state index in [1.54, 1.807) is 21.1 Å². The molecule has 1 amide bonds. The maximum atomic E-state index is 11.7. The van der Waals surface area contributed by atoms with Gasteiger partial charge in [-0.3, -0.25) is 9.63 Å². The summed E-state index contributed by atoms with van der Waals surface area (Å²) < 4.78 is 10.5. The van der Waals surface area contributed by atoms with Crippen LogP contribution in [-0.4, -0.2) is 38.3 Å². The lowest BCUT2D eigenvalue weighted by atomic mass is 10.2. The smallest absolute Gasteiger partial charge is 0.274 e. The number of likely N-dealkylation sites (N-methyl/N-ethyl adjacent to an activating group) is 1. The van der Waals surface area contributed by atoms with Crippen LogP contribution in [0.1, 0.15) is 12.5 Å². The van der Waals surface area contributed by atoms with E-state index in [4.69, 9.17) is 14.3 Å². The molecule has 0 fully saturated rings. The number of benzene rings is 1. The van der Waals surface area contributed by atoms with Crippen molar-refractivity contribution in [3.05, 3.63) is 29.8 Å². The van der Waals surface area contributed by atoms with E-state index in [9.17, 15) is 4.79 Å². The van der Waals surface area contributed by atoms with Gasteiger partial charge in [-0.1, -0.05) is 12.1 Å². The molecule has 5 heteroatoms. The lowest BCUT2D eigenvalue weighted by Gasteiger charge is -2.19. The first-order valence-corrected chi connectivity index (χ1v) is 5.64. The first-order chi connectivity index (χ1) is 8.58. The van der Waals surface area contributed by atoms with Gasteiger partial charge in [0.25, 0.3) is 5.91 Å². The number of hydrogen-bond acceptors (Lipinski definition) is 4. The normalized spacial score (nSPS) is 12.0. The molecule has 1 aromatic rings. The fraction of sp³-hybridized carbons (Fsp3) is 0.462. The number of nitrogens with zero attached hydrogens (tertiary/aromatic N) is 1. The number of amides is 1. The minimum atomic E-state index is -0.544. The minimum Gasteiger partial charge on any atom is -0.497 e. The number of methoxy groups -OCH3 is 1. The van der Waals surface area contributed by atoms with Crippen LogP contribution in [0.3, 0.4) is 0 Å². The van der Waals surface area contributed by atoms with E-state index in [1.807, 2.05) is 24.3 Å². The van der Waals surface area contributed by atoms with Crippen molar-refractivity contribution in [1.29, 1.82) is 0 Å². The molecule has 0 aliphatic heterocycles. The monoisotopic (exact) mass is 253 g/mol. The Labute approximate surface area is 107 Å². The van der Waals surface area contributed by atoms with Gasteiger partial charge in [0, 0.05) is 7.05 Å². The maximum Gasteiger partial charge on any atom is 0.274 e. The van der Waals surface area contributed by atoms with E-state index in [1.165, 1.54) is 7.11 Å². The Balaban J connectivity index is 2.46. The summed E-state index contributed by atoms with van der Waals surface area (Å²) in [5.41, 5.74) is 0.982. The first-order valence-electron chi connectivity index (χ1n) is 5.64. The Hall–Kier alpha value is -1.59. The predicted molar refractivity (Wildman–Crippen MR) is 67.0 cm³/mol. The second kappa shape index (κ2) is 6.98. The molecule has 18 heavy (non-hydrogen) atoms. The second-order valence-corrected chi connectivity index (χ2v) is 3.82. The van der Waals surface area contributed by atoms with E-state index in [0.717, 1.165) is 16.4 Å². The highest BCUT2D eigenvalue weighted by Crippen LogP contribution is 2.12. The molecule has 0 aliphatic rings. The Morgan fingerprint density at radius 3 is 2.39 bits per heavy atom. The van der Waals surface area contributed by atoms with Gasteiger partial charge in [0.2, 0.25) is 0 Å². The largest absolute Gasteiger partial charge is 0.497 e. The average molecular weight is 253 g/mol. The zero-order valence-corrected chi connectivity index (χ0v) is 11.2. The molecule has 0 unspecified atom stereocenters. The molecule has 0 N–H and O–H groups in total. The summed E-state index contributed by atoms with van der Waals surface area (Å²) in [6.45, 7) is 2.07. The van der Waals surface area contributed by atoms with Crippen LogP contribution in [0.2, 0.25) is 0 Å². The van der Waals surface area contributed by atoms with Crippen LogP contribution in [-0.2, 0) is 21.0 Å². The number of ether oxygens (including phenoxy) is 2. The third-order valence-electron chi connectivity index (χ3n) is 2.59. The Kier molecular flexibility index (Phi) is 5.61. The summed E-state index contributed by atoms with van der Waals surface area (Å²) in [5, 5.41) is 1.15. The third kappa shape index (κ3) is 4.01. The number of hydroxylamine groups is 2. The van der Waals surface area contributed by atoms with Crippen LogP contribution >= 0.6 is 0 Å². The lowest BCUT2D eigenvalue weighted by Crippen LogP contribution is -2.35. The van der Waals surface area contributed by atoms with Crippen molar-refractivity contribution in [3.63, 3.8) is 0 Å². The highest BCUT2D eigenvalue weighted by molar-refractivity contribution is 5.79. The molecule has 0 spiro atoms. The number of hydrogen-bond donors (Lipinski definition) is 0. The van der Waals surface area contributed by atoms with E-state index in [-0.39, 0.29) is 5.91 Å². The molecular weight excluding hydrogens is 234 g/mol. The van der Waals surface area contributed by atoms with Gasteiger partial charge in [-0.05, 0) is 24.6 Å². The molecule has 1 atom stereocenters. The van der Waals surface area contributed by atoms with Crippen LogP contribution in [0.5, 0.6) is 5.75 Å². The molecule has 5 nitrogen and oxygen atoms in total. The van der Waals surface area contributed by atoms with Crippen molar-refractivity contribution in [2.75, 3.05) is 21.3 Å². The number of rotatable bonds is 6. The second-order valence-electron chi connectivity index (χ2n) is 3.82. The molecule has 0 saturated carbocycles. The third-order valence-corrected chi connectivity index (χ3v) is 2.59. The first kappa shape index (κ1) is 14.5. The van der Waals surface area contributed by atoms with E-state index >= 15 is 0 Å². The molecule has 0 heterocycles. The van der Waals surface area contributed by atoms with Gasteiger partial charge >= 0.3 is 0 Å². The van der Waals surface area contributed by atoms with E-state index in [2.05, 4.69) is 0 Å². The summed E-state index contributed by atoms with van der Waals surface area (Å²) >= 11 is 0. The topological polar surface area (TPSA) is 48.0 Å². The van der Waals surface area contributed by atoms with Crippen molar-refractivity contribution in [2.24, 2.45) is 0 Å². The SMILES string of the molecule is COc1ccc(CO[C@@H](C)C(=O)N(C)OC)cc1. The van der Waals surface area contributed by atoms with Crippen LogP contribution in [0.15, 0.2) is 24.3 Å². The number of carbonyl (C=O) groups is 1. The zero-order chi connectivity index (χ0) is 13.5. The summed E-state index contributed by atoms with van der Waals surface area (Å²) in [5.74, 6) is 0.577. The molecule has 0 aliphatic carbocycles. The van der Waals surface area contributed by atoms with Crippen molar-refractivity contribution >= 4 is 5.91 Å². The molecule has 0 bridgehead atoms. The molecule has 0 aromatic heterocycles. The van der Waals surface area contributed by atoms with Crippen molar-refractivity contribution in [3.8, 4) is 5.75 Å². The van der Waals surface area contributed by atoms with E-state index < -0.39 is 6.10 Å². The van der Waals surface area contributed by atoms with Crippen molar-refractivity contribution in [2.45, 2.75) is 19.6 Å². The summed E-state index contributed by atoms with van der Waals surface area (Å²) in [6.07, 6.45) is -0.544. The molecule has 0 radical (unpaired) electrons. The van der Waals surface area contributed by atoms with Gasteiger partial charge in [0.1, 0.15) is 11.9 Å². The Morgan fingerprint density at radius 1 is 1.28 bits per heavy atom. The lowest BCUT2D eigenvalue weighted by molar-refractivity contribution is -0.180. The quantitative estimate of drug-likeness (QED) is 0.723. The molecule has 100 valence electrons. The average Bonchev–Trinajstić information content (AvgIpc) is 2.43. The molecule has 1 rings (SSSR count). The molecule has 0 saturated heterocycles. The van der Waals surface area contributed by atoms with Gasteiger partial charge < -0.3 is 9.47 Å². The highest BCUT2D eigenvalue weighted by Gasteiger charge is 2.17. The highest BCUT2D eigenvalue weighted by atomic mass is 16.7. The van der Waals surface area contributed by atoms with Gasteiger partial charge in [0.05, 0.1) is 20.8 Å². The standard InChI is InChI=1S/C13H19NO4/c1-10(13(15)14(2)17-4)18-9-11-5-7-12(16-3)8-6-11/h5-8,10H,9H2,1-4H3/t10-/m0/s1. The van der Waals surface area contributed by atoms with Crippen LogP contribution in [0, 0.1) is 0 Å². The molecule has 1 aromatic carbocycles. The fourth-order valence-electron chi connectivity index (χ4n) is 1.36. The Bertz CT molecular complexity index is 377. The minimum absolute atomic E-state index is 0.217. The summed E-state index contributed by atoms with van der Waals surface area (Å²) in [6, 6.07) is 7.51. The summed E-state index contributed by atoms with van der Waals surface area (Å²) in [7, 11) is 4.61. The van der Waals surface area contributed by atoms with Crippen LogP contribution in [0.25, 0.3) is 0 Å². The van der Waals surface area contributed by atoms with Crippen LogP contribution in [0.4, 0.5) is 0 Å². The predicted octanol–water partition coefficient (Wildman–Crippen LogP) is 1.62. The number of carbonyl (C=O) groups excluding carboxylic acids is 1. The fourth-order valence-corrected chi connectivity index (χ4v) is 1.36. The van der Waals surface area contributed by atoms with Gasteiger partial charge in [-0.25, -0.2) is 5.06 Å².